The molecule has 0 aliphatic rings. The standard InChI is InChI=1S/C13H17N3O9/c17-7-8(18)1-4-14-11(23)15(5-2-9(19)20)13(25)16(12(14)24)6-3-10(21)22/h17H,1-7H2,(H,19,20)(H,21,22). The summed E-state index contributed by atoms with van der Waals surface area (Å²) >= 11 is 0. The zero-order valence-electron chi connectivity index (χ0n) is 13.1. The Balaban J connectivity index is 3.42. The van der Waals surface area contributed by atoms with Crippen LogP contribution in [0.15, 0.2) is 14.4 Å². The van der Waals surface area contributed by atoms with Gasteiger partial charge in [0, 0.05) is 26.1 Å². The van der Waals surface area contributed by atoms with Gasteiger partial charge in [-0.1, -0.05) is 0 Å². The minimum absolute atomic E-state index is 0.359. The van der Waals surface area contributed by atoms with E-state index in [1.807, 2.05) is 0 Å². The first-order chi connectivity index (χ1) is 11.7. The van der Waals surface area contributed by atoms with Gasteiger partial charge < -0.3 is 15.3 Å². The van der Waals surface area contributed by atoms with E-state index in [9.17, 15) is 28.8 Å². The third-order valence-electron chi connectivity index (χ3n) is 3.27. The van der Waals surface area contributed by atoms with Crippen molar-refractivity contribution in [3.05, 3.63) is 31.5 Å². The van der Waals surface area contributed by atoms with Gasteiger partial charge in [0.25, 0.3) is 0 Å². The Morgan fingerprint density at radius 2 is 1.00 bits per heavy atom. The Morgan fingerprint density at radius 1 is 0.680 bits per heavy atom. The number of aliphatic hydroxyl groups is 1. The Labute approximate surface area is 139 Å². The highest BCUT2D eigenvalue weighted by molar-refractivity contribution is 5.79. The molecule has 1 aromatic rings. The van der Waals surface area contributed by atoms with Crippen LogP contribution in [0.1, 0.15) is 19.3 Å². The first-order valence-corrected chi connectivity index (χ1v) is 7.19. The Morgan fingerprint density at radius 3 is 1.28 bits per heavy atom. The average molecular weight is 359 g/mol. The maximum atomic E-state index is 12.2. The minimum Gasteiger partial charge on any atom is -0.481 e. The van der Waals surface area contributed by atoms with Crippen molar-refractivity contribution in [3.63, 3.8) is 0 Å². The van der Waals surface area contributed by atoms with Crippen LogP contribution in [0, 0.1) is 0 Å². The van der Waals surface area contributed by atoms with Crippen molar-refractivity contribution in [3.8, 4) is 0 Å². The molecule has 0 bridgehead atoms. The number of Topliss-reactive ketones (excluding diaryl/α,β-unsaturated/α-hetero) is 1. The van der Waals surface area contributed by atoms with Crippen molar-refractivity contribution in [1.29, 1.82) is 0 Å². The van der Waals surface area contributed by atoms with E-state index in [0.29, 0.717) is 13.7 Å². The van der Waals surface area contributed by atoms with Crippen LogP contribution in [-0.2, 0) is 34.0 Å². The van der Waals surface area contributed by atoms with Crippen molar-refractivity contribution in [2.24, 2.45) is 0 Å². The number of nitrogens with zero attached hydrogens (tertiary/aromatic N) is 3. The lowest BCUT2D eigenvalue weighted by Crippen LogP contribution is -2.55. The summed E-state index contributed by atoms with van der Waals surface area (Å²) < 4.78 is 1.54. The molecule has 1 rings (SSSR count). The molecule has 1 heterocycles. The number of rotatable bonds is 10. The van der Waals surface area contributed by atoms with Gasteiger partial charge in [-0.05, 0) is 0 Å². The zero-order valence-corrected chi connectivity index (χ0v) is 13.1. The number of hydrogen-bond acceptors (Lipinski definition) is 7. The summed E-state index contributed by atoms with van der Waals surface area (Å²) in [5.74, 6) is -3.21. The third kappa shape index (κ3) is 5.24. The number of carboxylic acid groups (broad SMARTS) is 2. The molecular formula is C13H17N3O9. The molecule has 0 aliphatic heterocycles. The van der Waals surface area contributed by atoms with E-state index in [0.717, 1.165) is 0 Å². The van der Waals surface area contributed by atoms with Crippen molar-refractivity contribution in [2.75, 3.05) is 6.61 Å². The van der Waals surface area contributed by atoms with Gasteiger partial charge in [-0.25, -0.2) is 28.1 Å². The van der Waals surface area contributed by atoms with Crippen LogP contribution in [0.4, 0.5) is 0 Å². The van der Waals surface area contributed by atoms with Gasteiger partial charge in [0.1, 0.15) is 6.61 Å². The minimum atomic E-state index is -1.28. The van der Waals surface area contributed by atoms with Gasteiger partial charge in [0.2, 0.25) is 0 Å². The first kappa shape index (κ1) is 20.0. The fraction of sp³-hybridized carbons (Fsp3) is 0.538. The summed E-state index contributed by atoms with van der Waals surface area (Å²) in [7, 11) is 0. The van der Waals surface area contributed by atoms with Crippen LogP contribution in [0.25, 0.3) is 0 Å². The molecule has 0 atom stereocenters. The average Bonchev–Trinajstić information content (AvgIpc) is 2.53. The molecule has 0 saturated heterocycles. The molecule has 0 aromatic carbocycles. The summed E-state index contributed by atoms with van der Waals surface area (Å²) in [4.78, 5) is 69.2. The number of carbonyl (C=O) groups excluding carboxylic acids is 1. The van der Waals surface area contributed by atoms with Crippen molar-refractivity contribution in [1.82, 2.24) is 13.7 Å². The lowest BCUT2D eigenvalue weighted by Gasteiger charge is -2.12. The highest BCUT2D eigenvalue weighted by Gasteiger charge is 2.17. The number of aromatic nitrogens is 3. The number of aliphatic carboxylic acids is 2. The molecule has 1 aromatic heterocycles. The van der Waals surface area contributed by atoms with E-state index in [-0.39, 0.29) is 6.42 Å². The summed E-state index contributed by atoms with van der Waals surface area (Å²) in [6, 6.07) is 0. The Hall–Kier alpha value is -3.02. The summed E-state index contributed by atoms with van der Waals surface area (Å²) in [6.07, 6.45) is -1.49. The van der Waals surface area contributed by atoms with E-state index in [1.54, 1.807) is 0 Å². The zero-order chi connectivity index (χ0) is 19.1. The largest absolute Gasteiger partial charge is 0.481 e. The molecule has 12 heteroatoms. The van der Waals surface area contributed by atoms with E-state index < -0.39 is 73.9 Å². The van der Waals surface area contributed by atoms with Crippen LogP contribution in [0.2, 0.25) is 0 Å². The lowest BCUT2D eigenvalue weighted by atomic mass is 10.3. The molecule has 138 valence electrons. The summed E-state index contributed by atoms with van der Waals surface area (Å²) in [6.45, 7) is -2.26. The number of hydrogen-bond donors (Lipinski definition) is 3. The van der Waals surface area contributed by atoms with Crippen LogP contribution in [0.5, 0.6) is 0 Å². The van der Waals surface area contributed by atoms with Gasteiger partial charge >= 0.3 is 29.0 Å². The van der Waals surface area contributed by atoms with Crippen molar-refractivity contribution >= 4 is 17.7 Å². The normalized spacial score (nSPS) is 10.6. The maximum absolute atomic E-state index is 12.2. The second kappa shape index (κ2) is 8.73. The van der Waals surface area contributed by atoms with E-state index in [2.05, 4.69) is 0 Å². The number of carbonyl (C=O) groups is 3. The Kier molecular flexibility index (Phi) is 6.99. The number of aliphatic hydroxyl groups excluding tert-OH is 1. The van der Waals surface area contributed by atoms with Crippen LogP contribution in [-0.4, -0.2) is 53.3 Å². The van der Waals surface area contributed by atoms with E-state index >= 15 is 0 Å². The first-order valence-electron chi connectivity index (χ1n) is 7.19. The predicted molar refractivity (Wildman–Crippen MR) is 80.4 cm³/mol. The second-order valence-corrected chi connectivity index (χ2v) is 5.04. The molecule has 0 unspecified atom stereocenters. The molecule has 25 heavy (non-hydrogen) atoms. The van der Waals surface area contributed by atoms with E-state index in [4.69, 9.17) is 15.3 Å². The maximum Gasteiger partial charge on any atom is 0.336 e. The van der Waals surface area contributed by atoms with Gasteiger partial charge in [-0.3, -0.25) is 14.4 Å². The smallest absolute Gasteiger partial charge is 0.336 e. The topological polar surface area (TPSA) is 178 Å². The van der Waals surface area contributed by atoms with Crippen LogP contribution in [0.3, 0.4) is 0 Å². The molecular weight excluding hydrogens is 342 g/mol. The molecule has 0 amide bonds. The second-order valence-electron chi connectivity index (χ2n) is 5.04. The highest BCUT2D eigenvalue weighted by atomic mass is 16.4. The van der Waals surface area contributed by atoms with Gasteiger partial charge in [-0.2, -0.15) is 0 Å². The number of ketones is 1. The van der Waals surface area contributed by atoms with Gasteiger partial charge in [0.05, 0.1) is 12.8 Å². The molecule has 0 fully saturated rings. The summed E-state index contributed by atoms with van der Waals surface area (Å²) in [5, 5.41) is 26.1. The number of carboxylic acids is 2. The molecule has 3 N–H and O–H groups in total. The Bertz CT molecular complexity index is 790. The van der Waals surface area contributed by atoms with Crippen molar-refractivity contribution in [2.45, 2.75) is 38.9 Å². The fourth-order valence-corrected chi connectivity index (χ4v) is 1.99. The van der Waals surface area contributed by atoms with Gasteiger partial charge in [-0.15, -0.1) is 0 Å². The molecule has 0 saturated carbocycles. The third-order valence-corrected chi connectivity index (χ3v) is 3.27. The lowest BCUT2D eigenvalue weighted by molar-refractivity contribution is -0.138. The van der Waals surface area contributed by atoms with Gasteiger partial charge in [0.15, 0.2) is 5.78 Å². The van der Waals surface area contributed by atoms with E-state index in [1.165, 1.54) is 0 Å². The highest BCUT2D eigenvalue weighted by Crippen LogP contribution is 1.89. The predicted octanol–water partition coefficient (Wildman–Crippen LogP) is -2.93. The molecule has 12 nitrogen and oxygen atoms in total. The SMILES string of the molecule is O=C(O)CCn1c(=O)n(CCC(=O)O)c(=O)n(CCC(=O)CO)c1=O. The molecule has 0 aliphatic carbocycles. The van der Waals surface area contributed by atoms with Crippen LogP contribution < -0.4 is 17.1 Å². The molecule has 0 radical (unpaired) electrons. The molecule has 0 spiro atoms. The fourth-order valence-electron chi connectivity index (χ4n) is 1.99. The van der Waals surface area contributed by atoms with Crippen LogP contribution >= 0.6 is 0 Å². The van der Waals surface area contributed by atoms with Crippen molar-refractivity contribution < 1.29 is 29.7 Å². The quantitative estimate of drug-likeness (QED) is 0.394. The monoisotopic (exact) mass is 359 g/mol. The summed E-state index contributed by atoms with van der Waals surface area (Å²) in [5.41, 5.74) is -3.33.